The summed E-state index contributed by atoms with van der Waals surface area (Å²) in [6, 6.07) is 6.05. The second-order valence-corrected chi connectivity index (χ2v) is 8.26. The number of rotatable bonds is 4. The number of ether oxygens (including phenoxy) is 1. The number of nitrogens with two attached hydrogens (primary N) is 1. The molecule has 3 rings (SSSR count). The third-order valence-electron chi connectivity index (χ3n) is 4.84. The van der Waals surface area contributed by atoms with Crippen LogP contribution in [-0.2, 0) is 10.0 Å². The molecule has 2 aromatic rings. The van der Waals surface area contributed by atoms with Crippen molar-refractivity contribution in [3.05, 3.63) is 47.8 Å². The van der Waals surface area contributed by atoms with Gasteiger partial charge in [0.2, 0.25) is 10.0 Å². The first-order valence-corrected chi connectivity index (χ1v) is 10.5. The predicted molar refractivity (Wildman–Crippen MR) is 106 cm³/mol. The number of carbonyl (C=O) groups is 1. The summed E-state index contributed by atoms with van der Waals surface area (Å²) >= 11 is 0. The topological polar surface area (TPSA) is 106 Å². The van der Waals surface area contributed by atoms with Gasteiger partial charge in [0, 0.05) is 44.3 Å². The molecule has 1 aromatic carbocycles. The molecule has 1 amide bonds. The van der Waals surface area contributed by atoms with Crippen molar-refractivity contribution in [3.63, 3.8) is 0 Å². The van der Waals surface area contributed by atoms with Crippen LogP contribution in [-0.4, -0.2) is 57.5 Å². The zero-order valence-corrected chi connectivity index (χ0v) is 16.8. The van der Waals surface area contributed by atoms with Crippen LogP contribution >= 0.6 is 0 Å². The molecule has 8 nitrogen and oxygen atoms in total. The van der Waals surface area contributed by atoms with Gasteiger partial charge >= 0.3 is 0 Å². The van der Waals surface area contributed by atoms with Gasteiger partial charge < -0.3 is 14.5 Å². The molecule has 28 heavy (non-hydrogen) atoms. The molecular formula is C19H24N4O4S. The fourth-order valence-electron chi connectivity index (χ4n) is 3.38. The number of hydrogen-bond acceptors (Lipinski definition) is 6. The van der Waals surface area contributed by atoms with E-state index >= 15 is 0 Å². The van der Waals surface area contributed by atoms with Crippen LogP contribution < -0.4 is 14.8 Å². The molecule has 150 valence electrons. The Bertz CT molecular complexity index is 978. The molecular weight excluding hydrogens is 380 g/mol. The molecule has 9 heteroatoms. The summed E-state index contributed by atoms with van der Waals surface area (Å²) in [7, 11) is -2.47. The number of aromatic nitrogens is 1. The fraction of sp³-hybridized carbons (Fsp3) is 0.368. The minimum atomic E-state index is -3.91. The first kappa shape index (κ1) is 20.1. The molecule has 1 aliphatic heterocycles. The molecule has 0 spiro atoms. The number of primary sulfonamides is 1. The first-order valence-electron chi connectivity index (χ1n) is 8.97. The highest BCUT2D eigenvalue weighted by molar-refractivity contribution is 7.89. The monoisotopic (exact) mass is 404 g/mol. The molecule has 1 aliphatic rings. The van der Waals surface area contributed by atoms with E-state index < -0.39 is 10.0 Å². The molecule has 1 aromatic heterocycles. The first-order chi connectivity index (χ1) is 13.3. The molecule has 2 N–H and O–H groups in total. The highest BCUT2D eigenvalue weighted by Crippen LogP contribution is 2.25. The summed E-state index contributed by atoms with van der Waals surface area (Å²) in [5.74, 6) is 0.0548. The van der Waals surface area contributed by atoms with Crippen LogP contribution in [0.2, 0.25) is 0 Å². The lowest BCUT2D eigenvalue weighted by molar-refractivity contribution is 0.0763. The zero-order valence-electron chi connectivity index (χ0n) is 16.0. The number of anilines is 1. The lowest BCUT2D eigenvalue weighted by Crippen LogP contribution is -2.35. The van der Waals surface area contributed by atoms with Crippen molar-refractivity contribution in [1.82, 2.24) is 9.88 Å². The Kier molecular flexibility index (Phi) is 5.85. The average Bonchev–Trinajstić information content (AvgIpc) is 2.92. The standard InChI is InChI=1S/C19H24N4O4S/c1-14-13-21-7-6-17(14)22-8-3-9-23(11-10-22)19(24)16-12-15(28(20,25)26)4-5-18(16)27-2/h4-7,12-13H,3,8-11H2,1-2H3,(H2,20,25,26). The Hall–Kier alpha value is -2.65. The van der Waals surface area contributed by atoms with Crippen molar-refractivity contribution in [2.75, 3.05) is 38.2 Å². The highest BCUT2D eigenvalue weighted by atomic mass is 32.2. The summed E-state index contributed by atoms with van der Waals surface area (Å²) in [4.78, 5) is 21.1. The van der Waals surface area contributed by atoms with Crippen LogP contribution in [0.15, 0.2) is 41.6 Å². The number of pyridine rings is 1. The predicted octanol–water partition coefficient (Wildman–Crippen LogP) is 1.40. The normalized spacial score (nSPS) is 15.2. The van der Waals surface area contributed by atoms with Gasteiger partial charge in [0.1, 0.15) is 5.75 Å². The van der Waals surface area contributed by atoms with Crippen LogP contribution in [0.5, 0.6) is 5.75 Å². The minimum Gasteiger partial charge on any atom is -0.496 e. The number of aryl methyl sites for hydroxylation is 1. The molecule has 0 bridgehead atoms. The van der Waals surface area contributed by atoms with E-state index in [1.54, 1.807) is 11.1 Å². The summed E-state index contributed by atoms with van der Waals surface area (Å²) in [5.41, 5.74) is 2.39. The van der Waals surface area contributed by atoms with Crippen LogP contribution in [0, 0.1) is 6.92 Å². The van der Waals surface area contributed by atoms with Crippen molar-refractivity contribution >= 4 is 21.6 Å². The van der Waals surface area contributed by atoms with Gasteiger partial charge in [-0.25, -0.2) is 13.6 Å². The number of methoxy groups -OCH3 is 1. The summed E-state index contributed by atoms with van der Waals surface area (Å²) < 4.78 is 28.6. The lowest BCUT2D eigenvalue weighted by atomic mass is 10.1. The molecule has 0 aliphatic carbocycles. The third kappa shape index (κ3) is 4.26. The van der Waals surface area contributed by atoms with Crippen LogP contribution in [0.4, 0.5) is 5.69 Å². The molecule has 0 radical (unpaired) electrons. The number of hydrogen-bond donors (Lipinski definition) is 1. The number of carbonyl (C=O) groups excluding carboxylic acids is 1. The Morgan fingerprint density at radius 3 is 2.64 bits per heavy atom. The van der Waals surface area contributed by atoms with Gasteiger partial charge in [-0.15, -0.1) is 0 Å². The number of amides is 1. The zero-order chi connectivity index (χ0) is 20.3. The van der Waals surface area contributed by atoms with E-state index in [4.69, 9.17) is 9.88 Å². The Morgan fingerprint density at radius 1 is 1.18 bits per heavy atom. The molecule has 2 heterocycles. The smallest absolute Gasteiger partial charge is 0.257 e. The van der Waals surface area contributed by atoms with Gasteiger partial charge in [-0.2, -0.15) is 0 Å². The van der Waals surface area contributed by atoms with E-state index in [9.17, 15) is 13.2 Å². The van der Waals surface area contributed by atoms with Gasteiger partial charge in [0.05, 0.1) is 17.6 Å². The Balaban J connectivity index is 1.83. The molecule has 0 saturated carbocycles. The fourth-order valence-corrected chi connectivity index (χ4v) is 3.92. The van der Waals surface area contributed by atoms with Crippen LogP contribution in [0.1, 0.15) is 22.3 Å². The molecule has 0 unspecified atom stereocenters. The lowest BCUT2D eigenvalue weighted by Gasteiger charge is -2.25. The van der Waals surface area contributed by atoms with E-state index in [0.29, 0.717) is 25.4 Å². The quantitative estimate of drug-likeness (QED) is 0.826. The Morgan fingerprint density at radius 2 is 1.96 bits per heavy atom. The Labute approximate surface area is 165 Å². The molecule has 1 saturated heterocycles. The van der Waals surface area contributed by atoms with Gasteiger partial charge in [-0.05, 0) is 43.2 Å². The number of nitrogens with zero attached hydrogens (tertiary/aromatic N) is 3. The summed E-state index contributed by atoms with van der Waals surface area (Å²) in [6.45, 7) is 4.60. The highest BCUT2D eigenvalue weighted by Gasteiger charge is 2.25. The maximum Gasteiger partial charge on any atom is 0.257 e. The average molecular weight is 404 g/mol. The molecule has 0 atom stereocenters. The van der Waals surface area contributed by atoms with Gasteiger partial charge in [-0.3, -0.25) is 9.78 Å². The van der Waals surface area contributed by atoms with Crippen molar-refractivity contribution in [2.45, 2.75) is 18.2 Å². The summed E-state index contributed by atoms with van der Waals surface area (Å²) in [6.07, 6.45) is 4.39. The van der Waals surface area contributed by atoms with Crippen molar-refractivity contribution in [3.8, 4) is 5.75 Å². The minimum absolute atomic E-state index is 0.111. The largest absolute Gasteiger partial charge is 0.496 e. The van der Waals surface area contributed by atoms with Crippen molar-refractivity contribution in [1.29, 1.82) is 0 Å². The maximum atomic E-state index is 13.1. The van der Waals surface area contributed by atoms with Crippen molar-refractivity contribution < 1.29 is 17.9 Å². The van der Waals surface area contributed by atoms with Crippen LogP contribution in [0.3, 0.4) is 0 Å². The summed E-state index contributed by atoms with van der Waals surface area (Å²) in [5, 5.41) is 5.21. The van der Waals surface area contributed by atoms with E-state index in [1.807, 2.05) is 19.2 Å². The van der Waals surface area contributed by atoms with E-state index in [2.05, 4.69) is 9.88 Å². The van der Waals surface area contributed by atoms with Gasteiger partial charge in [-0.1, -0.05) is 0 Å². The van der Waals surface area contributed by atoms with Gasteiger partial charge in [0.15, 0.2) is 0 Å². The third-order valence-corrected chi connectivity index (χ3v) is 5.76. The number of benzene rings is 1. The second kappa shape index (κ2) is 8.15. The van der Waals surface area contributed by atoms with E-state index in [0.717, 1.165) is 24.2 Å². The van der Waals surface area contributed by atoms with E-state index in [-0.39, 0.29) is 16.4 Å². The number of sulfonamides is 1. The molecule has 1 fully saturated rings. The SMILES string of the molecule is COc1ccc(S(N)(=O)=O)cc1C(=O)N1CCCN(c2ccncc2C)CC1. The van der Waals surface area contributed by atoms with Gasteiger partial charge in [0.25, 0.3) is 5.91 Å². The van der Waals surface area contributed by atoms with Crippen LogP contribution in [0.25, 0.3) is 0 Å². The van der Waals surface area contributed by atoms with E-state index in [1.165, 1.54) is 25.3 Å². The van der Waals surface area contributed by atoms with Crippen molar-refractivity contribution in [2.24, 2.45) is 5.14 Å². The maximum absolute atomic E-state index is 13.1. The second-order valence-electron chi connectivity index (χ2n) is 6.70.